The van der Waals surface area contributed by atoms with E-state index in [-0.39, 0.29) is 29.6 Å². The molecular formula is C21H34N2O4. The Balaban J connectivity index is 1.54. The van der Waals surface area contributed by atoms with Crippen molar-refractivity contribution in [1.29, 1.82) is 0 Å². The van der Waals surface area contributed by atoms with E-state index in [4.69, 9.17) is 5.11 Å². The monoisotopic (exact) mass is 378 g/mol. The predicted molar refractivity (Wildman–Crippen MR) is 102 cm³/mol. The molecule has 4 fully saturated rings. The Morgan fingerprint density at radius 3 is 2.04 bits per heavy atom. The van der Waals surface area contributed by atoms with E-state index in [1.165, 1.54) is 19.3 Å². The van der Waals surface area contributed by atoms with E-state index in [0.29, 0.717) is 37.1 Å². The molecule has 4 bridgehead atoms. The third kappa shape index (κ3) is 4.64. The molecule has 2 amide bonds. The van der Waals surface area contributed by atoms with Crippen molar-refractivity contribution < 1.29 is 19.5 Å². The van der Waals surface area contributed by atoms with Crippen LogP contribution in [0.4, 0.5) is 0 Å². The molecule has 0 heterocycles. The normalized spacial score (nSPS) is 32.3. The van der Waals surface area contributed by atoms with Gasteiger partial charge in [-0.2, -0.15) is 0 Å². The van der Waals surface area contributed by atoms with E-state index < -0.39 is 12.0 Å². The molecule has 6 heteroatoms. The second kappa shape index (κ2) is 8.19. The molecule has 1 unspecified atom stereocenters. The van der Waals surface area contributed by atoms with Crippen molar-refractivity contribution in [2.75, 3.05) is 6.54 Å². The zero-order chi connectivity index (χ0) is 19.6. The molecule has 0 spiro atoms. The van der Waals surface area contributed by atoms with Crippen LogP contribution in [0.1, 0.15) is 71.6 Å². The highest BCUT2D eigenvalue weighted by Gasteiger charge is 2.55. The molecule has 6 nitrogen and oxygen atoms in total. The molecule has 4 saturated carbocycles. The molecule has 152 valence electrons. The number of hydrogen-bond acceptors (Lipinski definition) is 3. The summed E-state index contributed by atoms with van der Waals surface area (Å²) >= 11 is 0. The lowest BCUT2D eigenvalue weighted by Crippen LogP contribution is -2.58. The number of hydrogen-bond donors (Lipinski definition) is 3. The first-order valence-corrected chi connectivity index (χ1v) is 10.6. The van der Waals surface area contributed by atoms with Crippen LogP contribution in [0.2, 0.25) is 0 Å². The highest BCUT2D eigenvalue weighted by atomic mass is 16.4. The third-order valence-electron chi connectivity index (χ3n) is 6.87. The van der Waals surface area contributed by atoms with Crippen molar-refractivity contribution in [3.63, 3.8) is 0 Å². The average molecular weight is 379 g/mol. The zero-order valence-corrected chi connectivity index (χ0v) is 16.6. The Bertz CT molecular complexity index is 551. The van der Waals surface area contributed by atoms with Crippen molar-refractivity contribution in [2.45, 2.75) is 77.7 Å². The van der Waals surface area contributed by atoms with Gasteiger partial charge >= 0.3 is 5.97 Å². The van der Waals surface area contributed by atoms with Crippen LogP contribution >= 0.6 is 0 Å². The SMILES string of the molecule is CC(C)C(NC(=O)C12CC3CC(CC(C3)C1)C2)C(=O)NCCCCC(=O)O. The Kier molecular flexibility index (Phi) is 6.11. The number of carbonyl (C=O) groups excluding carboxylic acids is 2. The number of unbranched alkanes of at least 4 members (excludes halogenated alkanes) is 1. The van der Waals surface area contributed by atoms with Gasteiger partial charge in [-0.1, -0.05) is 13.8 Å². The standard InChI is InChI=1S/C21H34N2O4/c1-13(2)18(19(26)22-6-4-3-5-17(24)25)23-20(27)21-10-14-7-15(11-21)9-16(8-14)12-21/h13-16,18H,3-12H2,1-2H3,(H,22,26)(H,23,27)(H,24,25). The van der Waals surface area contributed by atoms with Crippen LogP contribution in [0.5, 0.6) is 0 Å². The highest BCUT2D eigenvalue weighted by molar-refractivity contribution is 5.90. The molecule has 1 atom stereocenters. The van der Waals surface area contributed by atoms with Gasteiger partial charge in [-0.3, -0.25) is 14.4 Å². The van der Waals surface area contributed by atoms with Gasteiger partial charge in [-0.25, -0.2) is 0 Å². The molecule has 4 aliphatic rings. The molecule has 0 aromatic rings. The number of carbonyl (C=O) groups is 3. The summed E-state index contributed by atoms with van der Waals surface area (Å²) in [6.07, 6.45) is 8.13. The van der Waals surface area contributed by atoms with Crippen molar-refractivity contribution in [3.8, 4) is 0 Å². The molecule has 3 N–H and O–H groups in total. The summed E-state index contributed by atoms with van der Waals surface area (Å²) in [7, 11) is 0. The van der Waals surface area contributed by atoms with Crippen LogP contribution < -0.4 is 10.6 Å². The second-order valence-electron chi connectivity index (χ2n) is 9.53. The molecule has 0 aliphatic heterocycles. The summed E-state index contributed by atoms with van der Waals surface area (Å²) in [5.74, 6) is 1.22. The smallest absolute Gasteiger partial charge is 0.303 e. The number of amides is 2. The van der Waals surface area contributed by atoms with Gasteiger partial charge in [0.15, 0.2) is 0 Å². The summed E-state index contributed by atoms with van der Waals surface area (Å²) in [5.41, 5.74) is -0.246. The van der Waals surface area contributed by atoms with Gasteiger partial charge in [0.1, 0.15) is 6.04 Å². The minimum Gasteiger partial charge on any atom is -0.481 e. The van der Waals surface area contributed by atoms with E-state index in [1.54, 1.807) is 0 Å². The van der Waals surface area contributed by atoms with Crippen molar-refractivity contribution in [2.24, 2.45) is 29.1 Å². The van der Waals surface area contributed by atoms with Crippen LogP contribution in [0.15, 0.2) is 0 Å². The largest absolute Gasteiger partial charge is 0.481 e. The van der Waals surface area contributed by atoms with Crippen LogP contribution in [0.3, 0.4) is 0 Å². The van der Waals surface area contributed by atoms with Gasteiger partial charge in [0.2, 0.25) is 11.8 Å². The fraction of sp³-hybridized carbons (Fsp3) is 0.857. The maximum absolute atomic E-state index is 13.2. The molecule has 0 saturated heterocycles. The van der Waals surface area contributed by atoms with E-state index >= 15 is 0 Å². The lowest BCUT2D eigenvalue weighted by atomic mass is 9.49. The zero-order valence-electron chi connectivity index (χ0n) is 16.6. The van der Waals surface area contributed by atoms with E-state index in [1.807, 2.05) is 13.8 Å². The predicted octanol–water partition coefficient (Wildman–Crippen LogP) is 2.71. The first-order chi connectivity index (χ1) is 12.8. The molecule has 4 rings (SSSR count). The number of rotatable bonds is 9. The number of carboxylic acids is 1. The van der Waals surface area contributed by atoms with Crippen molar-refractivity contribution in [1.82, 2.24) is 10.6 Å². The number of carboxylic acid groups (broad SMARTS) is 1. The van der Waals surface area contributed by atoms with Crippen molar-refractivity contribution >= 4 is 17.8 Å². The van der Waals surface area contributed by atoms with E-state index in [0.717, 1.165) is 19.3 Å². The summed E-state index contributed by atoms with van der Waals surface area (Å²) in [4.78, 5) is 36.4. The fourth-order valence-electron chi connectivity index (χ4n) is 5.94. The Morgan fingerprint density at radius 2 is 1.56 bits per heavy atom. The van der Waals surface area contributed by atoms with Crippen molar-refractivity contribution in [3.05, 3.63) is 0 Å². The summed E-state index contributed by atoms with van der Waals surface area (Å²) in [6, 6.07) is -0.523. The lowest BCUT2D eigenvalue weighted by molar-refractivity contribution is -0.149. The van der Waals surface area contributed by atoms with E-state index in [9.17, 15) is 14.4 Å². The molecular weight excluding hydrogens is 344 g/mol. The number of nitrogens with one attached hydrogen (secondary N) is 2. The van der Waals surface area contributed by atoms with Gasteiger partial charge in [-0.15, -0.1) is 0 Å². The number of aliphatic carboxylic acids is 1. The lowest BCUT2D eigenvalue weighted by Gasteiger charge is -2.55. The highest BCUT2D eigenvalue weighted by Crippen LogP contribution is 2.60. The van der Waals surface area contributed by atoms with Crippen LogP contribution in [-0.4, -0.2) is 35.5 Å². The Hall–Kier alpha value is -1.59. The maximum atomic E-state index is 13.2. The Morgan fingerprint density at radius 1 is 1.00 bits per heavy atom. The molecule has 0 aromatic carbocycles. The van der Waals surface area contributed by atoms with E-state index in [2.05, 4.69) is 10.6 Å². The van der Waals surface area contributed by atoms with Gasteiger partial charge in [0.05, 0.1) is 0 Å². The van der Waals surface area contributed by atoms with Crippen LogP contribution in [0.25, 0.3) is 0 Å². The third-order valence-corrected chi connectivity index (χ3v) is 6.87. The maximum Gasteiger partial charge on any atom is 0.303 e. The quantitative estimate of drug-likeness (QED) is 0.538. The summed E-state index contributed by atoms with van der Waals surface area (Å²) < 4.78 is 0. The van der Waals surface area contributed by atoms with Gasteiger partial charge in [0.25, 0.3) is 0 Å². The van der Waals surface area contributed by atoms with Gasteiger partial charge < -0.3 is 15.7 Å². The molecule has 27 heavy (non-hydrogen) atoms. The first-order valence-electron chi connectivity index (χ1n) is 10.6. The minimum atomic E-state index is -0.816. The topological polar surface area (TPSA) is 95.5 Å². The Labute approximate surface area is 161 Å². The second-order valence-corrected chi connectivity index (χ2v) is 9.53. The summed E-state index contributed by atoms with van der Waals surface area (Å²) in [5, 5.41) is 14.6. The summed E-state index contributed by atoms with van der Waals surface area (Å²) in [6.45, 7) is 4.35. The molecule has 0 radical (unpaired) electrons. The van der Waals surface area contributed by atoms with Crippen LogP contribution in [0, 0.1) is 29.1 Å². The first kappa shape index (κ1) is 20.2. The molecule has 0 aromatic heterocycles. The van der Waals surface area contributed by atoms with Gasteiger partial charge in [-0.05, 0) is 75.0 Å². The van der Waals surface area contributed by atoms with Gasteiger partial charge in [0, 0.05) is 18.4 Å². The average Bonchev–Trinajstić information content (AvgIpc) is 2.57. The minimum absolute atomic E-state index is 0.0156. The molecule has 4 aliphatic carbocycles. The van der Waals surface area contributed by atoms with Crippen LogP contribution in [-0.2, 0) is 14.4 Å². The fourth-order valence-corrected chi connectivity index (χ4v) is 5.94.